The Hall–Kier alpha value is -1.67. The molecule has 0 bridgehead atoms. The molecule has 1 unspecified atom stereocenters. The molecule has 0 spiro atoms. The molecule has 0 saturated carbocycles. The lowest BCUT2D eigenvalue weighted by Crippen LogP contribution is -2.33. The van der Waals surface area contributed by atoms with Gasteiger partial charge in [-0.25, -0.2) is 18.2 Å². The first-order valence-corrected chi connectivity index (χ1v) is 9.26. The fourth-order valence-electron chi connectivity index (χ4n) is 2.34. The highest BCUT2D eigenvalue weighted by Gasteiger charge is 2.27. The van der Waals surface area contributed by atoms with Crippen LogP contribution in [0.5, 0.6) is 0 Å². The van der Waals surface area contributed by atoms with Crippen LogP contribution in [0.4, 0.5) is 9.93 Å². The largest absolute Gasteiger partial charge is 0.337 e. The molecular weight excluding hydrogens is 310 g/mol. The van der Waals surface area contributed by atoms with Crippen LogP contribution in [0.1, 0.15) is 6.42 Å². The van der Waals surface area contributed by atoms with Gasteiger partial charge in [0.25, 0.3) is 0 Å². The van der Waals surface area contributed by atoms with Crippen molar-refractivity contribution in [3.63, 3.8) is 0 Å². The van der Waals surface area contributed by atoms with Crippen LogP contribution >= 0.6 is 11.3 Å². The van der Waals surface area contributed by atoms with Crippen LogP contribution in [0.3, 0.4) is 0 Å². The quantitative estimate of drug-likeness (QED) is 0.901. The van der Waals surface area contributed by atoms with E-state index < -0.39 is 9.84 Å². The summed E-state index contributed by atoms with van der Waals surface area (Å²) in [5.41, 5.74) is 0.847. The van der Waals surface area contributed by atoms with E-state index in [-0.39, 0.29) is 23.5 Å². The van der Waals surface area contributed by atoms with Crippen LogP contribution in [-0.4, -0.2) is 37.5 Å². The molecule has 1 fully saturated rings. The van der Waals surface area contributed by atoms with E-state index in [1.165, 1.54) is 11.3 Å². The molecule has 8 heteroatoms. The van der Waals surface area contributed by atoms with Crippen LogP contribution in [0.2, 0.25) is 0 Å². The van der Waals surface area contributed by atoms with Crippen LogP contribution in [-0.2, 0) is 9.84 Å². The van der Waals surface area contributed by atoms with Gasteiger partial charge in [-0.3, -0.25) is 5.32 Å². The molecule has 2 amide bonds. The van der Waals surface area contributed by atoms with Gasteiger partial charge < -0.3 is 5.32 Å². The Balaban J connectivity index is 1.54. The average Bonchev–Trinajstić information content (AvgIpc) is 2.98. The van der Waals surface area contributed by atoms with Gasteiger partial charge in [-0.05, 0) is 24.5 Å². The average molecular weight is 325 g/mol. The Morgan fingerprint density at radius 3 is 2.90 bits per heavy atom. The van der Waals surface area contributed by atoms with Crippen LogP contribution in [0.15, 0.2) is 24.3 Å². The number of anilines is 1. The summed E-state index contributed by atoms with van der Waals surface area (Å²) >= 11 is 1.40. The van der Waals surface area contributed by atoms with Gasteiger partial charge in [-0.15, -0.1) is 0 Å². The molecule has 1 atom stereocenters. The Bertz CT molecular complexity index is 737. The molecule has 1 saturated heterocycles. The number of thiazole rings is 1. The van der Waals surface area contributed by atoms with Gasteiger partial charge in [0, 0.05) is 6.54 Å². The Labute approximate surface area is 126 Å². The zero-order valence-corrected chi connectivity index (χ0v) is 12.8. The first-order chi connectivity index (χ1) is 10.0. The number of urea groups is 1. The molecule has 6 nitrogen and oxygen atoms in total. The summed E-state index contributed by atoms with van der Waals surface area (Å²) in [5, 5.41) is 5.93. The lowest BCUT2D eigenvalue weighted by atomic mass is 10.1. The highest BCUT2D eigenvalue weighted by molar-refractivity contribution is 7.91. The molecule has 2 N–H and O–H groups in total. The van der Waals surface area contributed by atoms with Gasteiger partial charge in [0.2, 0.25) is 0 Å². The minimum atomic E-state index is -2.90. The second-order valence-corrected chi connectivity index (χ2v) is 8.35. The summed E-state index contributed by atoms with van der Waals surface area (Å²) in [6.07, 6.45) is 0.615. The first kappa shape index (κ1) is 14.3. The summed E-state index contributed by atoms with van der Waals surface area (Å²) in [5.74, 6) is 0.392. The van der Waals surface area contributed by atoms with E-state index in [4.69, 9.17) is 0 Å². The number of hydrogen-bond donors (Lipinski definition) is 2. The van der Waals surface area contributed by atoms with Crippen molar-refractivity contribution in [1.82, 2.24) is 10.3 Å². The van der Waals surface area contributed by atoms with Crippen molar-refractivity contribution in [2.45, 2.75) is 6.42 Å². The Kier molecular flexibility index (Phi) is 3.81. The van der Waals surface area contributed by atoms with Crippen LogP contribution in [0.25, 0.3) is 10.2 Å². The number of para-hydroxylation sites is 1. The van der Waals surface area contributed by atoms with Gasteiger partial charge in [-0.1, -0.05) is 23.5 Å². The molecule has 1 aromatic carbocycles. The fraction of sp³-hybridized carbons (Fsp3) is 0.385. The van der Waals surface area contributed by atoms with E-state index in [0.29, 0.717) is 18.1 Å². The van der Waals surface area contributed by atoms with Crippen molar-refractivity contribution in [2.24, 2.45) is 5.92 Å². The maximum Gasteiger partial charge on any atom is 0.321 e. The summed E-state index contributed by atoms with van der Waals surface area (Å²) < 4.78 is 23.7. The first-order valence-electron chi connectivity index (χ1n) is 6.63. The van der Waals surface area contributed by atoms with E-state index in [0.717, 1.165) is 10.2 Å². The third-order valence-electron chi connectivity index (χ3n) is 3.39. The maximum absolute atomic E-state index is 11.8. The fourth-order valence-corrected chi connectivity index (χ4v) is 5.06. The number of benzene rings is 1. The van der Waals surface area contributed by atoms with Gasteiger partial charge in [0.15, 0.2) is 15.0 Å². The van der Waals surface area contributed by atoms with E-state index in [1.54, 1.807) is 0 Å². The molecule has 112 valence electrons. The number of amides is 2. The van der Waals surface area contributed by atoms with Crippen molar-refractivity contribution in [1.29, 1.82) is 0 Å². The standard InChI is InChI=1S/C13H15N3O3S2/c17-12(14-7-9-5-6-21(18,19)8-9)16-13-15-10-3-1-2-4-11(10)20-13/h1-4,9H,5-8H2,(H2,14,15,16,17). The predicted octanol–water partition coefficient (Wildman–Crippen LogP) is 1.85. The lowest BCUT2D eigenvalue weighted by molar-refractivity contribution is 0.250. The van der Waals surface area contributed by atoms with Crippen molar-refractivity contribution in [3.05, 3.63) is 24.3 Å². The second kappa shape index (κ2) is 5.61. The number of nitrogens with one attached hydrogen (secondary N) is 2. The normalized spacial score (nSPS) is 20.5. The second-order valence-electron chi connectivity index (χ2n) is 5.09. The summed E-state index contributed by atoms with van der Waals surface area (Å²) in [6.45, 7) is 0.371. The number of fused-ring (bicyclic) bond motifs is 1. The van der Waals surface area contributed by atoms with E-state index in [1.807, 2.05) is 24.3 Å². The Morgan fingerprint density at radius 2 is 2.19 bits per heavy atom. The maximum atomic E-state index is 11.8. The third kappa shape index (κ3) is 3.51. The lowest BCUT2D eigenvalue weighted by Gasteiger charge is -2.09. The SMILES string of the molecule is O=C(NCC1CCS(=O)(=O)C1)Nc1nc2ccccc2s1. The van der Waals surface area contributed by atoms with E-state index in [9.17, 15) is 13.2 Å². The molecule has 1 aliphatic rings. The van der Waals surface area contributed by atoms with E-state index >= 15 is 0 Å². The summed E-state index contributed by atoms with van der Waals surface area (Å²) in [7, 11) is -2.90. The zero-order chi connectivity index (χ0) is 14.9. The molecule has 0 aliphatic carbocycles. The van der Waals surface area contributed by atoms with Gasteiger partial charge >= 0.3 is 6.03 Å². The Morgan fingerprint density at radius 1 is 1.38 bits per heavy atom. The summed E-state index contributed by atoms with van der Waals surface area (Å²) in [4.78, 5) is 16.1. The molecule has 21 heavy (non-hydrogen) atoms. The number of carbonyl (C=O) groups is 1. The molecule has 2 heterocycles. The third-order valence-corrected chi connectivity index (χ3v) is 6.18. The zero-order valence-electron chi connectivity index (χ0n) is 11.2. The van der Waals surface area contributed by atoms with Crippen LogP contribution < -0.4 is 10.6 Å². The number of nitrogens with zero attached hydrogens (tertiary/aromatic N) is 1. The molecule has 1 aromatic heterocycles. The van der Waals surface area contributed by atoms with Crippen molar-refractivity contribution < 1.29 is 13.2 Å². The number of carbonyl (C=O) groups excluding carboxylic acids is 1. The van der Waals surface area contributed by atoms with E-state index in [2.05, 4.69) is 15.6 Å². The number of aromatic nitrogens is 1. The van der Waals surface area contributed by atoms with Gasteiger partial charge in [-0.2, -0.15) is 0 Å². The van der Waals surface area contributed by atoms with Gasteiger partial charge in [0.1, 0.15) is 0 Å². The van der Waals surface area contributed by atoms with Crippen molar-refractivity contribution >= 4 is 42.6 Å². The molecule has 3 rings (SSSR count). The molecule has 1 aliphatic heterocycles. The smallest absolute Gasteiger partial charge is 0.321 e. The minimum absolute atomic E-state index is 0.0103. The number of rotatable bonds is 3. The predicted molar refractivity (Wildman–Crippen MR) is 83.4 cm³/mol. The number of sulfone groups is 1. The molecule has 2 aromatic rings. The topological polar surface area (TPSA) is 88.2 Å². The monoisotopic (exact) mass is 325 g/mol. The summed E-state index contributed by atoms with van der Waals surface area (Å²) in [6, 6.07) is 7.30. The number of hydrogen-bond acceptors (Lipinski definition) is 5. The minimum Gasteiger partial charge on any atom is -0.337 e. The highest BCUT2D eigenvalue weighted by Crippen LogP contribution is 2.25. The van der Waals surface area contributed by atoms with Crippen molar-refractivity contribution in [3.8, 4) is 0 Å². The molecule has 0 radical (unpaired) electrons. The van der Waals surface area contributed by atoms with Gasteiger partial charge in [0.05, 0.1) is 21.7 Å². The molecular formula is C13H15N3O3S2. The van der Waals surface area contributed by atoms with Crippen molar-refractivity contribution in [2.75, 3.05) is 23.4 Å². The van der Waals surface area contributed by atoms with Crippen LogP contribution in [0, 0.1) is 5.92 Å². The highest BCUT2D eigenvalue weighted by atomic mass is 32.2.